The fourth-order valence-corrected chi connectivity index (χ4v) is 2.81. The normalized spacial score (nSPS) is 11.1. The number of pyridine rings is 1. The van der Waals surface area contributed by atoms with Crippen LogP contribution in [0.15, 0.2) is 22.7 Å². The van der Waals surface area contributed by atoms with Gasteiger partial charge in [-0.3, -0.25) is 4.98 Å². The van der Waals surface area contributed by atoms with E-state index >= 15 is 0 Å². The van der Waals surface area contributed by atoms with Crippen molar-refractivity contribution in [2.75, 3.05) is 13.1 Å². The Bertz CT molecular complexity index is 869. The fourth-order valence-electron chi connectivity index (χ4n) is 2.81. The van der Waals surface area contributed by atoms with Crippen LogP contribution in [0.1, 0.15) is 36.3 Å². The SMILES string of the molecule is CCNCCCc1nc(C)cc(-c2noc(-c3cc(C)nc(C)c3)n2)n1. The molecule has 136 valence electrons. The van der Waals surface area contributed by atoms with Crippen LogP contribution >= 0.6 is 0 Å². The summed E-state index contributed by atoms with van der Waals surface area (Å²) in [5, 5.41) is 7.41. The predicted molar refractivity (Wildman–Crippen MR) is 99.6 cm³/mol. The second kappa shape index (κ2) is 8.14. The number of hydrogen-bond acceptors (Lipinski definition) is 7. The summed E-state index contributed by atoms with van der Waals surface area (Å²) < 4.78 is 5.45. The van der Waals surface area contributed by atoms with Crippen LogP contribution in [0.25, 0.3) is 23.0 Å². The molecule has 0 unspecified atom stereocenters. The van der Waals surface area contributed by atoms with Crippen molar-refractivity contribution in [1.82, 2.24) is 30.4 Å². The molecule has 26 heavy (non-hydrogen) atoms. The average Bonchev–Trinajstić information content (AvgIpc) is 3.08. The van der Waals surface area contributed by atoms with Crippen LogP contribution in [0, 0.1) is 20.8 Å². The standard InChI is InChI=1S/C19H24N6O/c1-5-20-8-6-7-17-22-14(4)11-16(23-17)18-24-19(26-25-18)15-9-12(2)21-13(3)10-15/h9-11,20H,5-8H2,1-4H3. The Kier molecular flexibility index (Phi) is 5.68. The molecule has 0 saturated carbocycles. The lowest BCUT2D eigenvalue weighted by atomic mass is 10.2. The highest BCUT2D eigenvalue weighted by Gasteiger charge is 2.14. The summed E-state index contributed by atoms with van der Waals surface area (Å²) in [4.78, 5) is 18.0. The highest BCUT2D eigenvalue weighted by Crippen LogP contribution is 2.22. The van der Waals surface area contributed by atoms with Gasteiger partial charge in [0.15, 0.2) is 0 Å². The highest BCUT2D eigenvalue weighted by atomic mass is 16.5. The van der Waals surface area contributed by atoms with Gasteiger partial charge in [0, 0.05) is 29.1 Å². The monoisotopic (exact) mass is 352 g/mol. The van der Waals surface area contributed by atoms with Crippen molar-refractivity contribution in [2.45, 2.75) is 40.5 Å². The van der Waals surface area contributed by atoms with Gasteiger partial charge in [-0.15, -0.1) is 0 Å². The third-order valence-corrected chi connectivity index (χ3v) is 3.89. The van der Waals surface area contributed by atoms with Crippen LogP contribution in [0.2, 0.25) is 0 Å². The summed E-state index contributed by atoms with van der Waals surface area (Å²) in [6, 6.07) is 5.74. The smallest absolute Gasteiger partial charge is 0.258 e. The van der Waals surface area contributed by atoms with Gasteiger partial charge in [-0.1, -0.05) is 12.1 Å². The molecule has 0 bridgehead atoms. The minimum atomic E-state index is 0.471. The van der Waals surface area contributed by atoms with Crippen LogP contribution in [-0.2, 0) is 6.42 Å². The van der Waals surface area contributed by atoms with Crippen molar-refractivity contribution in [3.8, 4) is 23.0 Å². The van der Waals surface area contributed by atoms with Crippen LogP contribution in [-0.4, -0.2) is 38.2 Å². The van der Waals surface area contributed by atoms with E-state index in [1.165, 1.54) is 0 Å². The first kappa shape index (κ1) is 18.1. The maximum Gasteiger partial charge on any atom is 0.258 e. The molecular formula is C19H24N6O. The molecule has 7 heteroatoms. The maximum absolute atomic E-state index is 5.45. The van der Waals surface area contributed by atoms with E-state index < -0.39 is 0 Å². The van der Waals surface area contributed by atoms with E-state index in [0.717, 1.165) is 54.4 Å². The lowest BCUT2D eigenvalue weighted by Gasteiger charge is -2.04. The predicted octanol–water partition coefficient (Wildman–Crippen LogP) is 3.06. The Balaban J connectivity index is 1.83. The molecule has 0 atom stereocenters. The Labute approximate surface area is 153 Å². The summed E-state index contributed by atoms with van der Waals surface area (Å²) in [7, 11) is 0. The van der Waals surface area contributed by atoms with Crippen molar-refractivity contribution in [3.63, 3.8) is 0 Å². The topological polar surface area (TPSA) is 89.6 Å². The minimum Gasteiger partial charge on any atom is -0.334 e. The molecule has 0 aliphatic carbocycles. The van der Waals surface area contributed by atoms with Crippen molar-refractivity contribution in [3.05, 3.63) is 41.1 Å². The van der Waals surface area contributed by atoms with E-state index in [-0.39, 0.29) is 0 Å². The lowest BCUT2D eigenvalue weighted by molar-refractivity contribution is 0.432. The van der Waals surface area contributed by atoms with Crippen molar-refractivity contribution >= 4 is 0 Å². The molecule has 0 radical (unpaired) electrons. The zero-order valence-corrected chi connectivity index (χ0v) is 15.7. The molecule has 3 heterocycles. The number of rotatable bonds is 7. The average molecular weight is 352 g/mol. The Morgan fingerprint density at radius 3 is 2.38 bits per heavy atom. The van der Waals surface area contributed by atoms with Crippen LogP contribution in [0.5, 0.6) is 0 Å². The molecular weight excluding hydrogens is 328 g/mol. The Hall–Kier alpha value is -2.67. The molecule has 0 spiro atoms. The molecule has 0 aliphatic rings. The summed E-state index contributed by atoms with van der Waals surface area (Å²) in [6.45, 7) is 9.87. The van der Waals surface area contributed by atoms with Gasteiger partial charge >= 0.3 is 0 Å². The van der Waals surface area contributed by atoms with Gasteiger partial charge in [-0.2, -0.15) is 4.98 Å². The van der Waals surface area contributed by atoms with Crippen molar-refractivity contribution in [1.29, 1.82) is 0 Å². The van der Waals surface area contributed by atoms with Gasteiger partial charge in [-0.25, -0.2) is 9.97 Å². The van der Waals surface area contributed by atoms with E-state index in [9.17, 15) is 0 Å². The second-order valence-electron chi connectivity index (χ2n) is 6.33. The molecule has 3 rings (SSSR count). The zero-order valence-electron chi connectivity index (χ0n) is 15.7. The van der Waals surface area contributed by atoms with Gasteiger partial charge in [0.25, 0.3) is 5.89 Å². The first-order chi connectivity index (χ1) is 12.5. The Morgan fingerprint density at radius 2 is 1.65 bits per heavy atom. The molecule has 0 amide bonds. The van der Waals surface area contributed by atoms with Gasteiger partial charge in [0.2, 0.25) is 5.82 Å². The number of aryl methyl sites for hydroxylation is 4. The second-order valence-corrected chi connectivity index (χ2v) is 6.33. The summed E-state index contributed by atoms with van der Waals surface area (Å²) in [6.07, 6.45) is 1.80. The van der Waals surface area contributed by atoms with Gasteiger partial charge in [-0.05, 0) is 58.5 Å². The maximum atomic E-state index is 5.45. The Morgan fingerprint density at radius 1 is 0.923 bits per heavy atom. The van der Waals surface area contributed by atoms with Crippen molar-refractivity contribution < 1.29 is 4.52 Å². The van der Waals surface area contributed by atoms with Crippen LogP contribution < -0.4 is 5.32 Å². The first-order valence-corrected chi connectivity index (χ1v) is 8.90. The minimum absolute atomic E-state index is 0.471. The molecule has 0 aliphatic heterocycles. The van der Waals surface area contributed by atoms with E-state index in [0.29, 0.717) is 17.4 Å². The number of nitrogens with zero attached hydrogens (tertiary/aromatic N) is 5. The molecule has 3 aromatic rings. The quantitative estimate of drug-likeness (QED) is 0.654. The van der Waals surface area contributed by atoms with E-state index in [2.05, 4.69) is 37.3 Å². The summed E-state index contributed by atoms with van der Waals surface area (Å²) >= 11 is 0. The lowest BCUT2D eigenvalue weighted by Crippen LogP contribution is -2.15. The molecule has 0 saturated heterocycles. The third kappa shape index (κ3) is 4.49. The van der Waals surface area contributed by atoms with Gasteiger partial charge in [0.1, 0.15) is 11.5 Å². The first-order valence-electron chi connectivity index (χ1n) is 8.90. The molecule has 0 aromatic carbocycles. The van der Waals surface area contributed by atoms with E-state index in [1.807, 2.05) is 39.0 Å². The van der Waals surface area contributed by atoms with E-state index in [1.54, 1.807) is 0 Å². The number of nitrogens with one attached hydrogen (secondary N) is 1. The van der Waals surface area contributed by atoms with Gasteiger partial charge in [0.05, 0.1) is 0 Å². The number of hydrogen-bond donors (Lipinski definition) is 1. The molecule has 0 fully saturated rings. The van der Waals surface area contributed by atoms with Gasteiger partial charge < -0.3 is 9.84 Å². The summed E-state index contributed by atoms with van der Waals surface area (Å²) in [5.41, 5.74) is 4.29. The molecule has 3 aromatic heterocycles. The fraction of sp³-hybridized carbons (Fsp3) is 0.421. The number of aromatic nitrogens is 5. The van der Waals surface area contributed by atoms with Crippen molar-refractivity contribution in [2.24, 2.45) is 0 Å². The highest BCUT2D eigenvalue weighted by molar-refractivity contribution is 5.58. The molecule has 1 N–H and O–H groups in total. The third-order valence-electron chi connectivity index (χ3n) is 3.89. The van der Waals surface area contributed by atoms with E-state index in [4.69, 9.17) is 4.52 Å². The zero-order chi connectivity index (χ0) is 18.5. The molecule has 7 nitrogen and oxygen atoms in total. The largest absolute Gasteiger partial charge is 0.334 e. The van der Waals surface area contributed by atoms with Crippen LogP contribution in [0.3, 0.4) is 0 Å². The van der Waals surface area contributed by atoms with Crippen LogP contribution in [0.4, 0.5) is 0 Å². The summed E-state index contributed by atoms with van der Waals surface area (Å²) in [5.74, 6) is 1.75.